The van der Waals surface area contributed by atoms with Gasteiger partial charge >= 0.3 is 0 Å². The van der Waals surface area contributed by atoms with Gasteiger partial charge in [0.15, 0.2) is 27.4 Å². The lowest BCUT2D eigenvalue weighted by atomic mass is 9.92. The third kappa shape index (κ3) is 2.71. The van der Waals surface area contributed by atoms with E-state index in [0.717, 1.165) is 29.3 Å². The van der Waals surface area contributed by atoms with Crippen molar-refractivity contribution in [1.29, 1.82) is 5.26 Å². The fourth-order valence-corrected chi connectivity index (χ4v) is 4.06. The van der Waals surface area contributed by atoms with E-state index in [1.165, 1.54) is 6.33 Å². The lowest BCUT2D eigenvalue weighted by Crippen LogP contribution is -2.42. The van der Waals surface area contributed by atoms with Crippen LogP contribution in [0.2, 0.25) is 0 Å². The predicted octanol–water partition coefficient (Wildman–Crippen LogP) is 0.542. The standard InChI is InChI=1S/C15H15N7O2S/c16-6-11(25(23)24)22-5-1-2-9(7-22)13-12-10-3-4-17-14(10)20-21-15(12)19-8-18-13/h3-4,8-9,11,25H,1-2,5,7H2,(H,17,20). The zero-order valence-electron chi connectivity index (χ0n) is 13.2. The van der Waals surface area contributed by atoms with Crippen LogP contribution in [0, 0.1) is 11.3 Å². The average molecular weight is 357 g/mol. The molecule has 4 heterocycles. The molecule has 9 nitrogen and oxygen atoms in total. The molecule has 3 aromatic heterocycles. The highest BCUT2D eigenvalue weighted by molar-refractivity contribution is 7.73. The van der Waals surface area contributed by atoms with Crippen LogP contribution >= 0.6 is 0 Å². The van der Waals surface area contributed by atoms with Crippen molar-refractivity contribution in [1.82, 2.24) is 30.0 Å². The molecule has 3 aromatic rings. The maximum atomic E-state index is 11.4. The number of hydrogen-bond donors (Lipinski definition) is 2. The van der Waals surface area contributed by atoms with E-state index < -0.39 is 16.1 Å². The van der Waals surface area contributed by atoms with Crippen molar-refractivity contribution in [2.24, 2.45) is 0 Å². The maximum absolute atomic E-state index is 11.4. The van der Waals surface area contributed by atoms with Crippen LogP contribution in [-0.4, -0.2) is 56.9 Å². The molecule has 0 radical (unpaired) electrons. The van der Waals surface area contributed by atoms with Crippen LogP contribution in [-0.2, 0) is 10.7 Å². The molecule has 0 aliphatic carbocycles. The highest BCUT2D eigenvalue weighted by Gasteiger charge is 2.30. The summed E-state index contributed by atoms with van der Waals surface area (Å²) in [5.41, 5.74) is 2.00. The molecular weight excluding hydrogens is 342 g/mol. The summed E-state index contributed by atoms with van der Waals surface area (Å²) < 4.78 is 22.7. The Balaban J connectivity index is 1.79. The number of nitrogens with one attached hydrogen (secondary N) is 1. The second-order valence-electron chi connectivity index (χ2n) is 6.02. The van der Waals surface area contributed by atoms with Gasteiger partial charge in [-0.25, -0.2) is 18.4 Å². The Kier molecular flexibility index (Phi) is 4.03. The van der Waals surface area contributed by atoms with Gasteiger partial charge in [0.05, 0.1) is 17.1 Å². The summed E-state index contributed by atoms with van der Waals surface area (Å²) in [5, 5.41) is 18.0. The third-order valence-corrected chi connectivity index (χ3v) is 5.44. The van der Waals surface area contributed by atoms with Crippen molar-refractivity contribution < 1.29 is 8.42 Å². The topological polar surface area (TPSA) is 129 Å². The Morgan fingerprint density at radius 3 is 3.04 bits per heavy atom. The number of aromatic amines is 1. The summed E-state index contributed by atoms with van der Waals surface area (Å²) in [6.45, 7) is 1.04. The van der Waals surface area contributed by atoms with Gasteiger partial charge in [-0.2, -0.15) is 5.26 Å². The molecule has 2 atom stereocenters. The summed E-state index contributed by atoms with van der Waals surface area (Å²) in [6, 6.07) is 3.78. The van der Waals surface area contributed by atoms with E-state index in [9.17, 15) is 8.42 Å². The molecule has 25 heavy (non-hydrogen) atoms. The van der Waals surface area contributed by atoms with Crippen molar-refractivity contribution in [3.05, 3.63) is 24.3 Å². The Morgan fingerprint density at radius 1 is 1.36 bits per heavy atom. The predicted molar refractivity (Wildman–Crippen MR) is 90.2 cm³/mol. The van der Waals surface area contributed by atoms with E-state index >= 15 is 0 Å². The first-order valence-corrected chi connectivity index (χ1v) is 9.15. The summed E-state index contributed by atoms with van der Waals surface area (Å²) in [4.78, 5) is 13.4. The second kappa shape index (κ2) is 6.34. The SMILES string of the molecule is N#CC(N1CCCC(c2ncnc3nnc4[nH]ccc4c23)C1)[SH](=O)=O. The fraction of sp³-hybridized carbons (Fsp3) is 0.400. The molecule has 0 aromatic carbocycles. The number of piperidine rings is 1. The van der Waals surface area contributed by atoms with Crippen LogP contribution in [0.3, 0.4) is 0 Å². The number of nitrogens with zero attached hydrogens (tertiary/aromatic N) is 6. The van der Waals surface area contributed by atoms with Crippen LogP contribution in [0.5, 0.6) is 0 Å². The van der Waals surface area contributed by atoms with Crippen molar-refractivity contribution in [3.63, 3.8) is 0 Å². The van der Waals surface area contributed by atoms with Gasteiger partial charge < -0.3 is 4.98 Å². The molecule has 0 saturated carbocycles. The van der Waals surface area contributed by atoms with Crippen LogP contribution in [0.25, 0.3) is 22.1 Å². The molecule has 1 aliphatic rings. The van der Waals surface area contributed by atoms with E-state index in [1.807, 2.05) is 12.1 Å². The minimum Gasteiger partial charge on any atom is -0.345 e. The normalized spacial score (nSPS) is 20.1. The van der Waals surface area contributed by atoms with Gasteiger partial charge in [-0.1, -0.05) is 0 Å². The van der Waals surface area contributed by atoms with Gasteiger partial charge in [0.25, 0.3) is 0 Å². The Hall–Kier alpha value is -2.64. The van der Waals surface area contributed by atoms with E-state index in [4.69, 9.17) is 5.26 Å². The van der Waals surface area contributed by atoms with Gasteiger partial charge in [0, 0.05) is 30.6 Å². The van der Waals surface area contributed by atoms with E-state index in [2.05, 4.69) is 25.1 Å². The first kappa shape index (κ1) is 15.9. The molecule has 0 amide bonds. The van der Waals surface area contributed by atoms with Gasteiger partial charge in [0.2, 0.25) is 0 Å². The lowest BCUT2D eigenvalue weighted by molar-refractivity contribution is 0.211. The van der Waals surface area contributed by atoms with Crippen molar-refractivity contribution in [3.8, 4) is 6.07 Å². The molecule has 1 N–H and O–H groups in total. The number of nitriles is 1. The van der Waals surface area contributed by atoms with E-state index in [1.54, 1.807) is 11.1 Å². The fourth-order valence-electron chi connectivity index (χ4n) is 3.49. The summed E-state index contributed by atoms with van der Waals surface area (Å²) >= 11 is 0. The lowest BCUT2D eigenvalue weighted by Gasteiger charge is -2.33. The number of thiol groups is 1. The minimum atomic E-state index is -2.83. The van der Waals surface area contributed by atoms with Crippen LogP contribution in [0.4, 0.5) is 0 Å². The van der Waals surface area contributed by atoms with Crippen molar-refractivity contribution in [2.45, 2.75) is 24.1 Å². The molecule has 4 rings (SSSR count). The Morgan fingerprint density at radius 2 is 2.24 bits per heavy atom. The maximum Gasteiger partial charge on any atom is 0.198 e. The van der Waals surface area contributed by atoms with Gasteiger partial charge in [-0.3, -0.25) is 4.90 Å². The van der Waals surface area contributed by atoms with E-state index in [0.29, 0.717) is 24.4 Å². The molecule has 2 unspecified atom stereocenters. The number of likely N-dealkylation sites (tertiary alicyclic amines) is 1. The van der Waals surface area contributed by atoms with Gasteiger partial charge in [0.1, 0.15) is 6.33 Å². The molecule has 128 valence electrons. The number of aromatic nitrogens is 5. The zero-order chi connectivity index (χ0) is 17.4. The first-order chi connectivity index (χ1) is 12.2. The smallest absolute Gasteiger partial charge is 0.198 e. The Labute approximate surface area is 144 Å². The van der Waals surface area contributed by atoms with Crippen LogP contribution in [0.1, 0.15) is 24.5 Å². The monoisotopic (exact) mass is 357 g/mol. The van der Waals surface area contributed by atoms with Gasteiger partial charge in [-0.15, -0.1) is 10.2 Å². The number of rotatable bonds is 3. The van der Waals surface area contributed by atoms with E-state index in [-0.39, 0.29) is 5.92 Å². The number of H-pyrrole nitrogens is 1. The quantitative estimate of drug-likeness (QED) is 0.650. The summed E-state index contributed by atoms with van der Waals surface area (Å²) in [7, 11) is -2.83. The molecule has 1 saturated heterocycles. The molecule has 0 bridgehead atoms. The largest absolute Gasteiger partial charge is 0.345 e. The summed E-state index contributed by atoms with van der Waals surface area (Å²) in [6.07, 6.45) is 4.91. The molecule has 10 heteroatoms. The summed E-state index contributed by atoms with van der Waals surface area (Å²) in [5.74, 6) is 0.00681. The van der Waals surface area contributed by atoms with Crippen molar-refractivity contribution >= 4 is 32.8 Å². The highest BCUT2D eigenvalue weighted by atomic mass is 32.2. The molecular formula is C15H15N7O2S. The highest BCUT2D eigenvalue weighted by Crippen LogP contribution is 2.33. The van der Waals surface area contributed by atoms with Crippen molar-refractivity contribution in [2.75, 3.05) is 13.1 Å². The van der Waals surface area contributed by atoms with Gasteiger partial charge in [-0.05, 0) is 18.9 Å². The molecule has 0 spiro atoms. The van der Waals surface area contributed by atoms with Crippen LogP contribution in [0.15, 0.2) is 18.6 Å². The molecule has 1 aliphatic heterocycles. The number of hydrogen-bond acceptors (Lipinski definition) is 8. The second-order valence-corrected chi connectivity index (χ2v) is 7.08. The van der Waals surface area contributed by atoms with Crippen LogP contribution < -0.4 is 0 Å². The minimum absolute atomic E-state index is 0.00681. The third-order valence-electron chi connectivity index (χ3n) is 4.60. The average Bonchev–Trinajstić information content (AvgIpc) is 3.11. The zero-order valence-corrected chi connectivity index (χ0v) is 14.1. The number of fused-ring (bicyclic) bond motifs is 3. The Bertz CT molecular complexity index is 1050. The molecule has 1 fully saturated rings. The first-order valence-electron chi connectivity index (χ1n) is 7.90.